The number of nitriles is 1. The smallest absolute Gasteiger partial charge is 0.0837 e. The topological polar surface area (TPSA) is 35.8 Å². The van der Waals surface area contributed by atoms with Gasteiger partial charge >= 0.3 is 0 Å². The Morgan fingerprint density at radius 2 is 2.00 bits per heavy atom. The summed E-state index contributed by atoms with van der Waals surface area (Å²) in [5.41, 5.74) is 0.648. The second-order valence-electron chi connectivity index (χ2n) is 4.24. The second-order valence-corrected chi connectivity index (χ2v) is 4.24. The summed E-state index contributed by atoms with van der Waals surface area (Å²) in [7, 11) is 0. The first kappa shape index (κ1) is 12.3. The van der Waals surface area contributed by atoms with Gasteiger partial charge in [0.05, 0.1) is 17.5 Å². The molecule has 2 nitrogen and oxygen atoms in total. The maximum Gasteiger partial charge on any atom is 0.0837 e. The molecule has 1 N–H and O–H groups in total. The molecule has 1 aromatic rings. The lowest BCUT2D eigenvalue weighted by Gasteiger charge is -2.21. The molecule has 1 atom stereocenters. The quantitative estimate of drug-likeness (QED) is 0.777. The van der Waals surface area contributed by atoms with Crippen LogP contribution < -0.4 is 5.32 Å². The highest BCUT2D eigenvalue weighted by Crippen LogP contribution is 2.14. The number of hydrogen-bond donors (Lipinski definition) is 1. The predicted molar refractivity (Wildman–Crippen MR) is 65.7 cm³/mol. The Hall–Kier alpha value is -1.77. The van der Waals surface area contributed by atoms with E-state index in [0.29, 0.717) is 6.54 Å². The average Bonchev–Trinajstić information content (AvgIpc) is 2.31. The van der Waals surface area contributed by atoms with Crippen molar-refractivity contribution >= 4 is 0 Å². The van der Waals surface area contributed by atoms with E-state index >= 15 is 0 Å². The van der Waals surface area contributed by atoms with Crippen LogP contribution >= 0.6 is 0 Å². The van der Waals surface area contributed by atoms with Crippen molar-refractivity contribution in [3.8, 4) is 18.4 Å². The predicted octanol–water partition coefficient (Wildman–Crippen LogP) is 2.30. The van der Waals surface area contributed by atoms with Gasteiger partial charge in [0.1, 0.15) is 0 Å². The minimum atomic E-state index is -0.371. The molecule has 82 valence electrons. The van der Waals surface area contributed by atoms with Gasteiger partial charge in [0.2, 0.25) is 0 Å². The Labute approximate surface area is 97.3 Å². The molecule has 0 spiro atoms. The van der Waals surface area contributed by atoms with Gasteiger partial charge in [0.15, 0.2) is 0 Å². The number of benzene rings is 1. The van der Waals surface area contributed by atoms with Crippen LogP contribution in [-0.4, -0.2) is 12.1 Å². The van der Waals surface area contributed by atoms with Crippen molar-refractivity contribution in [2.45, 2.75) is 25.3 Å². The first-order chi connectivity index (χ1) is 7.59. The van der Waals surface area contributed by atoms with Crippen molar-refractivity contribution in [1.29, 1.82) is 5.26 Å². The number of rotatable bonds is 4. The summed E-state index contributed by atoms with van der Waals surface area (Å²) in [6.07, 6.45) is 5.38. The fourth-order valence-corrected chi connectivity index (χ4v) is 1.33. The van der Waals surface area contributed by atoms with Crippen LogP contribution in [-0.2, 0) is 0 Å². The molecule has 0 aliphatic heterocycles. The van der Waals surface area contributed by atoms with Crippen LogP contribution in [0, 0.1) is 23.7 Å². The van der Waals surface area contributed by atoms with Crippen LogP contribution in [0.2, 0.25) is 0 Å². The first-order valence-electron chi connectivity index (χ1n) is 5.26. The van der Waals surface area contributed by atoms with Crippen LogP contribution in [0.3, 0.4) is 0 Å². The van der Waals surface area contributed by atoms with Gasteiger partial charge in [-0.05, 0) is 19.4 Å². The molecule has 1 unspecified atom stereocenters. The Morgan fingerprint density at radius 3 is 2.50 bits per heavy atom. The van der Waals surface area contributed by atoms with Crippen LogP contribution in [0.25, 0.3) is 0 Å². The maximum absolute atomic E-state index is 9.11. The van der Waals surface area contributed by atoms with Gasteiger partial charge < -0.3 is 0 Å². The SMILES string of the molecule is C#CC(C)(C)NCC(C#N)c1ccccc1. The Balaban J connectivity index is 2.66. The summed E-state index contributed by atoms with van der Waals surface area (Å²) in [6, 6.07) is 12.0. The lowest BCUT2D eigenvalue weighted by Crippen LogP contribution is -2.39. The van der Waals surface area contributed by atoms with Crippen molar-refractivity contribution in [2.24, 2.45) is 0 Å². The van der Waals surface area contributed by atoms with Crippen molar-refractivity contribution in [3.05, 3.63) is 35.9 Å². The van der Waals surface area contributed by atoms with Crippen molar-refractivity contribution in [3.63, 3.8) is 0 Å². The number of nitrogens with one attached hydrogen (secondary N) is 1. The van der Waals surface area contributed by atoms with Gasteiger partial charge in [0.25, 0.3) is 0 Å². The molecule has 0 aromatic heterocycles. The van der Waals surface area contributed by atoms with Gasteiger partial charge in [-0.25, -0.2) is 0 Å². The zero-order chi connectivity index (χ0) is 12.0. The summed E-state index contributed by atoms with van der Waals surface area (Å²) in [5.74, 6) is 2.49. The molecule has 1 aromatic carbocycles. The third-order valence-corrected chi connectivity index (χ3v) is 2.47. The molecular formula is C14H16N2. The third kappa shape index (κ3) is 3.42. The second kappa shape index (κ2) is 5.35. The summed E-state index contributed by atoms with van der Waals surface area (Å²) in [6.45, 7) is 4.41. The first-order valence-corrected chi connectivity index (χ1v) is 5.26. The molecule has 0 saturated carbocycles. The highest BCUT2D eigenvalue weighted by molar-refractivity contribution is 5.25. The molecule has 0 radical (unpaired) electrons. The van der Waals surface area contributed by atoms with Gasteiger partial charge in [0, 0.05) is 6.54 Å². The fourth-order valence-electron chi connectivity index (χ4n) is 1.33. The zero-order valence-electron chi connectivity index (χ0n) is 9.70. The number of hydrogen-bond acceptors (Lipinski definition) is 2. The van der Waals surface area contributed by atoms with E-state index in [1.54, 1.807) is 0 Å². The van der Waals surface area contributed by atoms with Gasteiger partial charge in [-0.3, -0.25) is 5.32 Å². The highest BCUT2D eigenvalue weighted by atomic mass is 14.9. The highest BCUT2D eigenvalue weighted by Gasteiger charge is 2.16. The van der Waals surface area contributed by atoms with E-state index in [-0.39, 0.29) is 11.5 Å². The van der Waals surface area contributed by atoms with Crippen molar-refractivity contribution < 1.29 is 0 Å². The van der Waals surface area contributed by atoms with E-state index in [1.165, 1.54) is 0 Å². The molecule has 0 bridgehead atoms. The molecule has 0 aliphatic carbocycles. The van der Waals surface area contributed by atoms with Crippen LogP contribution in [0.1, 0.15) is 25.3 Å². The molecule has 16 heavy (non-hydrogen) atoms. The largest absolute Gasteiger partial charge is 0.300 e. The Bertz CT molecular complexity index is 407. The number of terminal acetylenes is 1. The zero-order valence-corrected chi connectivity index (χ0v) is 9.70. The summed E-state index contributed by atoms with van der Waals surface area (Å²) >= 11 is 0. The van der Waals surface area contributed by atoms with Crippen molar-refractivity contribution in [2.75, 3.05) is 6.54 Å². The van der Waals surface area contributed by atoms with Crippen LogP contribution in [0.4, 0.5) is 0 Å². The van der Waals surface area contributed by atoms with Gasteiger partial charge in [-0.15, -0.1) is 6.42 Å². The number of nitrogens with zero attached hydrogens (tertiary/aromatic N) is 1. The molecule has 0 heterocycles. The third-order valence-electron chi connectivity index (χ3n) is 2.47. The van der Waals surface area contributed by atoms with Crippen LogP contribution in [0.5, 0.6) is 0 Å². The van der Waals surface area contributed by atoms with Gasteiger partial charge in [-0.2, -0.15) is 5.26 Å². The molecule has 0 saturated heterocycles. The fraction of sp³-hybridized carbons (Fsp3) is 0.357. The summed E-state index contributed by atoms with van der Waals surface area (Å²) < 4.78 is 0. The Morgan fingerprint density at radius 1 is 1.38 bits per heavy atom. The molecule has 0 amide bonds. The van der Waals surface area contributed by atoms with E-state index in [0.717, 1.165) is 5.56 Å². The average molecular weight is 212 g/mol. The van der Waals surface area contributed by atoms with E-state index in [9.17, 15) is 0 Å². The maximum atomic E-state index is 9.11. The normalized spacial score (nSPS) is 12.5. The molecule has 1 rings (SSSR count). The monoisotopic (exact) mass is 212 g/mol. The summed E-state index contributed by atoms with van der Waals surface area (Å²) in [5, 5.41) is 12.3. The summed E-state index contributed by atoms with van der Waals surface area (Å²) in [4.78, 5) is 0. The van der Waals surface area contributed by atoms with E-state index in [1.807, 2.05) is 44.2 Å². The molecule has 2 heteroatoms. The van der Waals surface area contributed by atoms with Gasteiger partial charge in [-0.1, -0.05) is 36.3 Å². The standard InChI is InChI=1S/C14H16N2/c1-4-14(2,3)16-11-13(10-15)12-8-6-5-7-9-12/h1,5-9,13,16H,11H2,2-3H3. The molecular weight excluding hydrogens is 196 g/mol. The minimum Gasteiger partial charge on any atom is -0.300 e. The van der Waals surface area contributed by atoms with Crippen molar-refractivity contribution in [1.82, 2.24) is 5.32 Å². The molecule has 0 fully saturated rings. The minimum absolute atomic E-state index is 0.158. The van der Waals surface area contributed by atoms with E-state index < -0.39 is 0 Å². The van der Waals surface area contributed by atoms with E-state index in [4.69, 9.17) is 11.7 Å². The van der Waals surface area contributed by atoms with E-state index in [2.05, 4.69) is 17.3 Å². The lowest BCUT2D eigenvalue weighted by molar-refractivity contribution is 0.483. The Kier molecular flexibility index (Phi) is 4.11. The molecule has 0 aliphatic rings. The lowest BCUT2D eigenvalue weighted by atomic mass is 9.99. The van der Waals surface area contributed by atoms with Crippen LogP contribution in [0.15, 0.2) is 30.3 Å².